The lowest BCUT2D eigenvalue weighted by atomic mass is 9.62. The van der Waals surface area contributed by atoms with Crippen LogP contribution in [0.1, 0.15) is 58.1 Å². The zero-order valence-electron chi connectivity index (χ0n) is 17.2. The first-order valence-electron chi connectivity index (χ1n) is 9.76. The van der Waals surface area contributed by atoms with Gasteiger partial charge in [-0.1, -0.05) is 44.5 Å². The number of aliphatic hydroxyl groups excluding tert-OH is 1. The van der Waals surface area contributed by atoms with Crippen LogP contribution in [0.2, 0.25) is 5.02 Å². The van der Waals surface area contributed by atoms with Crippen molar-refractivity contribution in [2.24, 2.45) is 28.9 Å². The molecular formula is C22H34ClNO3. The van der Waals surface area contributed by atoms with Gasteiger partial charge in [0.25, 0.3) is 0 Å². The van der Waals surface area contributed by atoms with E-state index in [0.717, 1.165) is 36.8 Å². The molecule has 0 saturated heterocycles. The maximum atomic E-state index is 12.5. The van der Waals surface area contributed by atoms with Gasteiger partial charge in [-0.2, -0.15) is 0 Å². The van der Waals surface area contributed by atoms with E-state index in [4.69, 9.17) is 22.1 Å². The fourth-order valence-electron chi connectivity index (χ4n) is 4.04. The van der Waals surface area contributed by atoms with E-state index in [1.54, 1.807) is 0 Å². The van der Waals surface area contributed by atoms with Crippen molar-refractivity contribution in [2.45, 2.75) is 58.9 Å². The zero-order valence-corrected chi connectivity index (χ0v) is 18.0. The molecule has 0 bridgehead atoms. The highest BCUT2D eigenvalue weighted by Crippen LogP contribution is 2.46. The number of rotatable bonds is 7. The number of carbonyl (C=O) groups excluding carboxylic acids is 1. The Hall–Kier alpha value is -1.10. The van der Waals surface area contributed by atoms with E-state index in [1.165, 1.54) is 7.11 Å². The van der Waals surface area contributed by atoms with Gasteiger partial charge in [0.05, 0.1) is 18.6 Å². The first kappa shape index (κ1) is 22.2. The molecule has 2 rings (SSSR count). The maximum Gasteiger partial charge on any atom is 0.311 e. The number of halogens is 1. The molecule has 3 N–H and O–H groups in total. The molecule has 152 valence electrons. The number of benzene rings is 1. The summed E-state index contributed by atoms with van der Waals surface area (Å²) in [7, 11) is 1.40. The normalized spacial score (nSPS) is 23.3. The van der Waals surface area contributed by atoms with Crippen molar-refractivity contribution in [3.8, 4) is 0 Å². The predicted octanol–water partition coefficient (Wildman–Crippen LogP) is 4.30. The second-order valence-electron chi connectivity index (χ2n) is 9.43. The highest BCUT2D eigenvalue weighted by molar-refractivity contribution is 6.31. The third-order valence-electron chi connectivity index (χ3n) is 5.92. The summed E-state index contributed by atoms with van der Waals surface area (Å²) in [5.41, 5.74) is 8.00. The zero-order chi connectivity index (χ0) is 20.4. The molecule has 0 radical (unpaired) electrons. The van der Waals surface area contributed by atoms with Crippen molar-refractivity contribution in [3.05, 3.63) is 34.3 Å². The van der Waals surface area contributed by atoms with Gasteiger partial charge < -0.3 is 15.6 Å². The Kier molecular flexibility index (Phi) is 6.99. The smallest absolute Gasteiger partial charge is 0.311 e. The average molecular weight is 396 g/mol. The molecule has 0 aromatic heterocycles. The first-order chi connectivity index (χ1) is 12.5. The van der Waals surface area contributed by atoms with Crippen LogP contribution in [0.3, 0.4) is 0 Å². The van der Waals surface area contributed by atoms with Crippen LogP contribution in [-0.4, -0.2) is 24.8 Å². The minimum absolute atomic E-state index is 0.115. The molecule has 1 saturated carbocycles. The number of aryl methyl sites for hydroxylation is 1. The molecule has 1 aromatic rings. The van der Waals surface area contributed by atoms with Gasteiger partial charge in [0.15, 0.2) is 0 Å². The van der Waals surface area contributed by atoms with Crippen LogP contribution >= 0.6 is 11.6 Å². The summed E-state index contributed by atoms with van der Waals surface area (Å²) in [6, 6.07) is 5.92. The summed E-state index contributed by atoms with van der Waals surface area (Å²) < 4.78 is 5.06. The van der Waals surface area contributed by atoms with Crippen molar-refractivity contribution < 1.29 is 14.6 Å². The molecular weight excluding hydrogens is 362 g/mol. The molecule has 0 aliphatic heterocycles. The summed E-state index contributed by atoms with van der Waals surface area (Å²) in [6.45, 7) is 8.67. The number of nitrogens with two attached hydrogens (primary N) is 1. The van der Waals surface area contributed by atoms with Crippen LogP contribution in [0, 0.1) is 23.2 Å². The van der Waals surface area contributed by atoms with Crippen LogP contribution in [-0.2, 0) is 21.5 Å². The Balaban J connectivity index is 2.24. The third-order valence-corrected chi connectivity index (χ3v) is 6.27. The van der Waals surface area contributed by atoms with E-state index < -0.39 is 11.5 Å². The highest BCUT2D eigenvalue weighted by atomic mass is 35.5. The van der Waals surface area contributed by atoms with Crippen LogP contribution in [0.4, 0.5) is 0 Å². The number of hydrogen-bond acceptors (Lipinski definition) is 4. The van der Waals surface area contributed by atoms with E-state index in [2.05, 4.69) is 20.8 Å². The first-order valence-corrected chi connectivity index (χ1v) is 10.1. The van der Waals surface area contributed by atoms with Gasteiger partial charge in [0, 0.05) is 11.6 Å². The number of hydrogen-bond donors (Lipinski definition) is 2. The molecule has 0 amide bonds. The number of methoxy groups -OCH3 is 1. The van der Waals surface area contributed by atoms with E-state index in [-0.39, 0.29) is 29.8 Å². The van der Waals surface area contributed by atoms with Crippen LogP contribution < -0.4 is 5.73 Å². The Labute approximate surface area is 168 Å². The van der Waals surface area contributed by atoms with E-state index in [0.29, 0.717) is 5.02 Å². The van der Waals surface area contributed by atoms with Gasteiger partial charge in [-0.3, -0.25) is 4.79 Å². The Morgan fingerprint density at radius 2 is 1.96 bits per heavy atom. The van der Waals surface area contributed by atoms with Crippen LogP contribution in [0.25, 0.3) is 0 Å². The molecule has 1 aliphatic rings. The quantitative estimate of drug-likeness (QED) is 0.675. The lowest BCUT2D eigenvalue weighted by molar-refractivity contribution is -0.153. The monoisotopic (exact) mass is 395 g/mol. The van der Waals surface area contributed by atoms with Gasteiger partial charge in [0.2, 0.25) is 0 Å². The molecule has 1 fully saturated rings. The Morgan fingerprint density at radius 3 is 2.44 bits per heavy atom. The van der Waals surface area contributed by atoms with Gasteiger partial charge in [0.1, 0.15) is 0 Å². The van der Waals surface area contributed by atoms with E-state index >= 15 is 0 Å². The Morgan fingerprint density at radius 1 is 1.33 bits per heavy atom. The summed E-state index contributed by atoms with van der Waals surface area (Å²) in [4.78, 5) is 12.5. The van der Waals surface area contributed by atoms with Crippen molar-refractivity contribution in [2.75, 3.05) is 13.7 Å². The largest absolute Gasteiger partial charge is 0.469 e. The maximum absolute atomic E-state index is 12.5. The standard InChI is InChI=1S/C22H34ClNO3/c1-21(2,3)9-8-15-6-7-17(12-18(15)23)22(4,24)19(20(26)27-5)16-10-14(11-16)13-25/h6-7,12,14,16,19,25H,8-11,13,24H2,1-5H3/t14?,16?,19-,22?/m0/s1. The number of ether oxygens (including phenoxy) is 1. The van der Waals surface area contributed by atoms with Gasteiger partial charge in [-0.05, 0) is 67.1 Å². The molecule has 0 heterocycles. The second kappa shape index (κ2) is 8.50. The number of carbonyl (C=O) groups is 1. The fourth-order valence-corrected chi connectivity index (χ4v) is 4.31. The van der Waals surface area contributed by atoms with Gasteiger partial charge in [-0.15, -0.1) is 0 Å². The molecule has 1 aromatic carbocycles. The number of esters is 1. The molecule has 27 heavy (non-hydrogen) atoms. The van der Waals surface area contributed by atoms with Crippen molar-refractivity contribution >= 4 is 17.6 Å². The summed E-state index contributed by atoms with van der Waals surface area (Å²) >= 11 is 6.55. The fraction of sp³-hybridized carbons (Fsp3) is 0.682. The molecule has 0 spiro atoms. The lowest BCUT2D eigenvalue weighted by Crippen LogP contribution is -2.52. The second-order valence-corrected chi connectivity index (χ2v) is 9.84. The average Bonchev–Trinajstić information content (AvgIpc) is 2.54. The molecule has 2 atom stereocenters. The minimum Gasteiger partial charge on any atom is -0.469 e. The Bertz CT molecular complexity index is 660. The van der Waals surface area contributed by atoms with E-state index in [1.807, 2.05) is 25.1 Å². The molecule has 1 unspecified atom stereocenters. The summed E-state index contributed by atoms with van der Waals surface area (Å²) in [6.07, 6.45) is 3.54. The van der Waals surface area contributed by atoms with Crippen molar-refractivity contribution in [3.63, 3.8) is 0 Å². The summed E-state index contributed by atoms with van der Waals surface area (Å²) in [5, 5.41) is 10.0. The minimum atomic E-state index is -0.885. The third kappa shape index (κ3) is 5.24. The topological polar surface area (TPSA) is 72.5 Å². The van der Waals surface area contributed by atoms with Crippen LogP contribution in [0.5, 0.6) is 0 Å². The highest BCUT2D eigenvalue weighted by Gasteiger charge is 2.48. The lowest BCUT2D eigenvalue weighted by Gasteiger charge is -2.45. The van der Waals surface area contributed by atoms with Gasteiger partial charge >= 0.3 is 5.97 Å². The predicted molar refractivity (Wildman–Crippen MR) is 110 cm³/mol. The molecule has 1 aliphatic carbocycles. The van der Waals surface area contributed by atoms with Gasteiger partial charge in [-0.25, -0.2) is 0 Å². The molecule has 4 nitrogen and oxygen atoms in total. The van der Waals surface area contributed by atoms with Crippen molar-refractivity contribution in [1.29, 1.82) is 0 Å². The van der Waals surface area contributed by atoms with Crippen molar-refractivity contribution in [1.82, 2.24) is 0 Å². The number of aliphatic hydroxyl groups is 1. The van der Waals surface area contributed by atoms with E-state index in [9.17, 15) is 9.90 Å². The van der Waals surface area contributed by atoms with Crippen LogP contribution in [0.15, 0.2) is 18.2 Å². The summed E-state index contributed by atoms with van der Waals surface area (Å²) in [5.74, 6) is -0.388. The SMILES string of the molecule is COC(=O)[C@H](C1CC(CO)C1)C(C)(N)c1ccc(CCC(C)(C)C)c(Cl)c1. The molecule has 5 heteroatoms.